The van der Waals surface area contributed by atoms with E-state index in [0.29, 0.717) is 0 Å². The molecular formula is C15H21N2Y-. The van der Waals surface area contributed by atoms with Gasteiger partial charge in [-0.25, -0.2) is 0 Å². The summed E-state index contributed by atoms with van der Waals surface area (Å²) in [7, 11) is 0. The molecule has 0 aliphatic heterocycles. The smallest absolute Gasteiger partial charge is 0.0314 e. The van der Waals surface area contributed by atoms with E-state index in [1.165, 1.54) is 0 Å². The standard InChI is InChI=1S/C12H12N2.C2H6.CH3.Y/c13-11-5-1-9(2-6-11)10-3-7-12(14)8-4-10;1-2;;/h1-8H,13-14H2;1-2H3;1H3;/q;;-1;. The molecule has 1 radical (unpaired) electrons. The fraction of sp³-hybridized carbons (Fsp3) is 0.133. The molecule has 0 spiro atoms. The summed E-state index contributed by atoms with van der Waals surface area (Å²) in [5, 5.41) is 0. The first-order valence-electron chi connectivity index (χ1n) is 5.47. The predicted octanol–water partition coefficient (Wildman–Crippen LogP) is 3.99. The Bertz CT molecular complexity index is 378. The molecule has 95 valence electrons. The van der Waals surface area contributed by atoms with Crippen molar-refractivity contribution in [3.05, 3.63) is 56.0 Å². The van der Waals surface area contributed by atoms with Gasteiger partial charge in [-0.05, 0) is 35.4 Å². The van der Waals surface area contributed by atoms with Crippen LogP contribution in [0, 0.1) is 7.43 Å². The van der Waals surface area contributed by atoms with Gasteiger partial charge in [0.2, 0.25) is 0 Å². The van der Waals surface area contributed by atoms with Gasteiger partial charge in [0.15, 0.2) is 0 Å². The topological polar surface area (TPSA) is 52.0 Å². The molecular weight excluding hydrogens is 297 g/mol. The summed E-state index contributed by atoms with van der Waals surface area (Å²) >= 11 is 0. The van der Waals surface area contributed by atoms with Gasteiger partial charge in [-0.2, -0.15) is 0 Å². The third-order valence-electron chi connectivity index (χ3n) is 2.15. The molecule has 3 heteroatoms. The SMILES string of the molecule is CC.Nc1ccc(-c2ccc(N)cc2)cc1.[CH3-].[Y]. The van der Waals surface area contributed by atoms with Crippen molar-refractivity contribution in [2.45, 2.75) is 13.8 Å². The van der Waals surface area contributed by atoms with Gasteiger partial charge in [-0.3, -0.25) is 0 Å². The Morgan fingerprint density at radius 3 is 1.06 bits per heavy atom. The number of hydrogen-bond donors (Lipinski definition) is 2. The van der Waals surface area contributed by atoms with Crippen LogP contribution >= 0.6 is 0 Å². The summed E-state index contributed by atoms with van der Waals surface area (Å²) in [5.41, 5.74) is 15.1. The Morgan fingerprint density at radius 2 is 0.833 bits per heavy atom. The van der Waals surface area contributed by atoms with Crippen LogP contribution in [-0.2, 0) is 32.7 Å². The minimum atomic E-state index is 0. The van der Waals surface area contributed by atoms with Gasteiger partial charge >= 0.3 is 0 Å². The van der Waals surface area contributed by atoms with Gasteiger partial charge in [0, 0.05) is 44.1 Å². The molecule has 0 bridgehead atoms. The van der Waals surface area contributed by atoms with Crippen molar-refractivity contribution in [1.82, 2.24) is 0 Å². The first-order chi connectivity index (χ1) is 7.75. The Hall–Kier alpha value is -0.856. The maximum Gasteiger partial charge on any atom is 0.0314 e. The van der Waals surface area contributed by atoms with Gasteiger partial charge in [0.1, 0.15) is 0 Å². The average molecular weight is 318 g/mol. The molecule has 2 aromatic carbocycles. The van der Waals surface area contributed by atoms with E-state index in [1.54, 1.807) is 0 Å². The van der Waals surface area contributed by atoms with Crippen molar-refractivity contribution in [3.8, 4) is 11.1 Å². The second kappa shape index (κ2) is 10.1. The normalized spacial score (nSPS) is 8.11. The third-order valence-corrected chi connectivity index (χ3v) is 2.15. The Labute approximate surface area is 136 Å². The monoisotopic (exact) mass is 318 g/mol. The van der Waals surface area contributed by atoms with E-state index in [4.69, 9.17) is 11.5 Å². The van der Waals surface area contributed by atoms with E-state index in [0.717, 1.165) is 22.5 Å². The first kappa shape index (κ1) is 19.5. The minimum Gasteiger partial charge on any atom is -0.399 e. The molecule has 0 aliphatic carbocycles. The molecule has 0 aliphatic rings. The maximum absolute atomic E-state index is 5.61. The molecule has 0 saturated carbocycles. The quantitative estimate of drug-likeness (QED) is 0.617. The van der Waals surface area contributed by atoms with Gasteiger partial charge in [0.05, 0.1) is 0 Å². The van der Waals surface area contributed by atoms with Crippen molar-refractivity contribution in [3.63, 3.8) is 0 Å². The van der Waals surface area contributed by atoms with E-state index >= 15 is 0 Å². The Kier molecular flexibility index (Phi) is 10.9. The second-order valence-corrected chi connectivity index (χ2v) is 3.24. The van der Waals surface area contributed by atoms with Crippen LogP contribution in [0.5, 0.6) is 0 Å². The summed E-state index contributed by atoms with van der Waals surface area (Å²) in [6.45, 7) is 4.00. The largest absolute Gasteiger partial charge is 0.399 e. The molecule has 0 fully saturated rings. The summed E-state index contributed by atoms with van der Waals surface area (Å²) in [5.74, 6) is 0. The van der Waals surface area contributed by atoms with Crippen LogP contribution in [0.25, 0.3) is 11.1 Å². The van der Waals surface area contributed by atoms with E-state index < -0.39 is 0 Å². The van der Waals surface area contributed by atoms with Crippen LogP contribution in [0.3, 0.4) is 0 Å². The van der Waals surface area contributed by atoms with Crippen LogP contribution in [0.15, 0.2) is 48.5 Å². The molecule has 2 rings (SSSR count). The van der Waals surface area contributed by atoms with Crippen LogP contribution in [0.2, 0.25) is 0 Å². The molecule has 0 aromatic heterocycles. The molecule has 0 unspecified atom stereocenters. The molecule has 0 saturated heterocycles. The summed E-state index contributed by atoms with van der Waals surface area (Å²) in [6.07, 6.45) is 0. The van der Waals surface area contributed by atoms with Crippen LogP contribution in [0.1, 0.15) is 13.8 Å². The number of benzene rings is 2. The number of hydrogen-bond acceptors (Lipinski definition) is 2. The van der Waals surface area contributed by atoms with Crippen molar-refractivity contribution in [1.29, 1.82) is 0 Å². The molecule has 0 amide bonds. The van der Waals surface area contributed by atoms with Gasteiger partial charge in [-0.15, -0.1) is 0 Å². The number of rotatable bonds is 1. The molecule has 0 atom stereocenters. The zero-order valence-electron chi connectivity index (χ0n) is 11.4. The van der Waals surface area contributed by atoms with Gasteiger partial charge in [0.25, 0.3) is 0 Å². The molecule has 2 aromatic rings. The van der Waals surface area contributed by atoms with Crippen LogP contribution in [0.4, 0.5) is 11.4 Å². The van der Waals surface area contributed by atoms with Crippen LogP contribution in [-0.4, -0.2) is 0 Å². The van der Waals surface area contributed by atoms with Crippen molar-refractivity contribution in [2.24, 2.45) is 0 Å². The first-order valence-corrected chi connectivity index (χ1v) is 5.47. The average Bonchev–Trinajstić information content (AvgIpc) is 2.34. The van der Waals surface area contributed by atoms with Gasteiger partial charge in [-0.1, -0.05) is 38.1 Å². The number of anilines is 2. The van der Waals surface area contributed by atoms with Crippen molar-refractivity contribution in [2.75, 3.05) is 11.5 Å². The molecule has 18 heavy (non-hydrogen) atoms. The van der Waals surface area contributed by atoms with Gasteiger partial charge < -0.3 is 18.9 Å². The number of nitrogens with two attached hydrogens (primary N) is 2. The van der Waals surface area contributed by atoms with Crippen LogP contribution < -0.4 is 11.5 Å². The third kappa shape index (κ3) is 5.66. The molecule has 0 heterocycles. The second-order valence-electron chi connectivity index (χ2n) is 3.24. The maximum atomic E-state index is 5.61. The molecule has 4 N–H and O–H groups in total. The number of nitrogen functional groups attached to an aromatic ring is 2. The zero-order valence-corrected chi connectivity index (χ0v) is 14.2. The molecule has 2 nitrogen and oxygen atoms in total. The zero-order chi connectivity index (χ0) is 12.0. The van der Waals surface area contributed by atoms with E-state index in [1.807, 2.05) is 62.4 Å². The fourth-order valence-electron chi connectivity index (χ4n) is 1.35. The van der Waals surface area contributed by atoms with E-state index in [-0.39, 0.29) is 40.1 Å². The Balaban J connectivity index is 0. The fourth-order valence-corrected chi connectivity index (χ4v) is 1.35. The summed E-state index contributed by atoms with van der Waals surface area (Å²) in [4.78, 5) is 0. The van der Waals surface area contributed by atoms with E-state index in [9.17, 15) is 0 Å². The van der Waals surface area contributed by atoms with E-state index in [2.05, 4.69) is 0 Å². The summed E-state index contributed by atoms with van der Waals surface area (Å²) < 4.78 is 0. The minimum absolute atomic E-state index is 0. The van der Waals surface area contributed by atoms with Crippen molar-refractivity contribution < 1.29 is 32.7 Å². The Morgan fingerprint density at radius 1 is 0.611 bits per heavy atom. The predicted molar refractivity (Wildman–Crippen MR) is 78.5 cm³/mol. The summed E-state index contributed by atoms with van der Waals surface area (Å²) in [6, 6.07) is 15.6. The van der Waals surface area contributed by atoms with Crippen molar-refractivity contribution >= 4 is 11.4 Å².